The number of benzene rings is 2. The number of nitrogens with zero attached hydrogens (tertiary/aromatic N) is 2. The van der Waals surface area contributed by atoms with Crippen molar-refractivity contribution in [3.05, 3.63) is 87.4 Å². The highest BCUT2D eigenvalue weighted by Gasteiger charge is 2.12. The zero-order chi connectivity index (χ0) is 20.8. The van der Waals surface area contributed by atoms with Gasteiger partial charge in [-0.25, -0.2) is 4.98 Å². The third-order valence-electron chi connectivity index (χ3n) is 4.55. The first-order chi connectivity index (χ1) is 13.9. The van der Waals surface area contributed by atoms with Crippen LogP contribution < -0.4 is 5.32 Å². The Labute approximate surface area is 175 Å². The fraction of sp³-hybridized carbons (Fsp3) is 0.208. The van der Waals surface area contributed by atoms with E-state index in [4.69, 9.17) is 0 Å². The van der Waals surface area contributed by atoms with Crippen LogP contribution in [0.15, 0.2) is 60.3 Å². The van der Waals surface area contributed by atoms with Gasteiger partial charge in [0.2, 0.25) is 0 Å². The first-order valence-electron chi connectivity index (χ1n) is 9.48. The van der Waals surface area contributed by atoms with Crippen molar-refractivity contribution in [2.75, 3.05) is 5.32 Å². The lowest BCUT2D eigenvalue weighted by Gasteiger charge is -2.05. The molecule has 0 radical (unpaired) electrons. The number of aromatic nitrogens is 1. The molecular formula is C24H23N3OS. The zero-order valence-electron chi connectivity index (χ0n) is 16.8. The quantitative estimate of drug-likeness (QED) is 0.425. The van der Waals surface area contributed by atoms with Crippen molar-refractivity contribution in [2.24, 2.45) is 0 Å². The number of anilines is 1. The number of rotatable bonds is 6. The van der Waals surface area contributed by atoms with Crippen molar-refractivity contribution in [1.82, 2.24) is 4.98 Å². The molecule has 5 heteroatoms. The third kappa shape index (κ3) is 5.63. The van der Waals surface area contributed by atoms with Crippen molar-refractivity contribution in [3.8, 4) is 6.07 Å². The van der Waals surface area contributed by atoms with Crippen molar-refractivity contribution in [2.45, 2.75) is 33.1 Å². The molecule has 4 nitrogen and oxygen atoms in total. The molecule has 1 amide bonds. The summed E-state index contributed by atoms with van der Waals surface area (Å²) in [6.07, 6.45) is 4.12. The number of amides is 1. The maximum Gasteiger partial charge on any atom is 0.268 e. The summed E-state index contributed by atoms with van der Waals surface area (Å²) in [5.41, 5.74) is 4.51. The summed E-state index contributed by atoms with van der Waals surface area (Å²) in [6.45, 7) is 6.31. The molecule has 1 aromatic heterocycles. The van der Waals surface area contributed by atoms with Crippen LogP contribution in [0.2, 0.25) is 0 Å². The van der Waals surface area contributed by atoms with Crippen LogP contribution in [0.3, 0.4) is 0 Å². The number of carbonyl (C=O) groups excluding carboxylic acids is 1. The first kappa shape index (κ1) is 20.5. The standard InChI is InChI=1S/C24H23N3OS/c1-16(2)20-10-8-18(9-11-20)12-21(14-25)23(28)27-24-26-15-22(29-24)13-19-6-4-17(3)5-7-19/h4-12,15-16H,13H2,1-3H3,(H,26,27,28). The molecule has 1 heterocycles. The largest absolute Gasteiger partial charge is 0.297 e. The topological polar surface area (TPSA) is 65.8 Å². The summed E-state index contributed by atoms with van der Waals surface area (Å²) in [6, 6.07) is 18.2. The molecule has 0 aliphatic rings. The van der Waals surface area contributed by atoms with Crippen LogP contribution in [-0.4, -0.2) is 10.9 Å². The van der Waals surface area contributed by atoms with Crippen LogP contribution in [0.5, 0.6) is 0 Å². The lowest BCUT2D eigenvalue weighted by Crippen LogP contribution is -2.13. The fourth-order valence-electron chi connectivity index (χ4n) is 2.81. The van der Waals surface area contributed by atoms with E-state index in [1.165, 1.54) is 28.0 Å². The van der Waals surface area contributed by atoms with E-state index in [2.05, 4.69) is 55.3 Å². The Morgan fingerprint density at radius 3 is 2.48 bits per heavy atom. The molecule has 0 unspecified atom stereocenters. The monoisotopic (exact) mass is 401 g/mol. The molecule has 0 saturated heterocycles. The van der Waals surface area contributed by atoms with Crippen molar-refractivity contribution in [1.29, 1.82) is 5.26 Å². The van der Waals surface area contributed by atoms with E-state index in [1.54, 1.807) is 12.3 Å². The van der Waals surface area contributed by atoms with Gasteiger partial charge in [0, 0.05) is 17.5 Å². The molecule has 2 aromatic carbocycles. The molecular weight excluding hydrogens is 378 g/mol. The van der Waals surface area contributed by atoms with Crippen LogP contribution in [0.1, 0.15) is 46.9 Å². The average molecular weight is 402 g/mol. The Morgan fingerprint density at radius 1 is 1.17 bits per heavy atom. The van der Waals surface area contributed by atoms with Gasteiger partial charge >= 0.3 is 0 Å². The highest BCUT2D eigenvalue weighted by atomic mass is 32.1. The molecule has 0 spiro atoms. The number of hydrogen-bond acceptors (Lipinski definition) is 4. The van der Waals surface area contributed by atoms with Gasteiger partial charge in [-0.2, -0.15) is 5.26 Å². The van der Waals surface area contributed by atoms with E-state index < -0.39 is 5.91 Å². The van der Waals surface area contributed by atoms with E-state index in [-0.39, 0.29) is 5.57 Å². The third-order valence-corrected chi connectivity index (χ3v) is 5.46. The minimum Gasteiger partial charge on any atom is -0.297 e. The number of hydrogen-bond donors (Lipinski definition) is 1. The highest BCUT2D eigenvalue weighted by Crippen LogP contribution is 2.22. The lowest BCUT2D eigenvalue weighted by molar-refractivity contribution is -0.112. The Balaban J connectivity index is 1.67. The fourth-order valence-corrected chi connectivity index (χ4v) is 3.65. The molecule has 0 bridgehead atoms. The maximum absolute atomic E-state index is 12.5. The molecule has 0 atom stereocenters. The van der Waals surface area contributed by atoms with Gasteiger partial charge in [0.05, 0.1) is 0 Å². The minimum absolute atomic E-state index is 0.0533. The Kier molecular flexibility index (Phi) is 6.58. The Bertz CT molecular complexity index is 1050. The van der Waals surface area contributed by atoms with Crippen LogP contribution in [0.25, 0.3) is 6.08 Å². The van der Waals surface area contributed by atoms with Crippen molar-refractivity contribution < 1.29 is 4.79 Å². The second-order valence-electron chi connectivity index (χ2n) is 7.24. The van der Waals surface area contributed by atoms with Gasteiger partial charge in [-0.05, 0) is 35.6 Å². The summed E-state index contributed by atoms with van der Waals surface area (Å²) in [5, 5.41) is 12.6. The number of carbonyl (C=O) groups is 1. The summed E-state index contributed by atoms with van der Waals surface area (Å²) in [5.74, 6) is -0.0116. The van der Waals surface area contributed by atoms with Crippen LogP contribution in [0, 0.1) is 18.3 Å². The predicted molar refractivity (Wildman–Crippen MR) is 119 cm³/mol. The number of nitriles is 1. The van der Waals surface area contributed by atoms with E-state index in [9.17, 15) is 10.1 Å². The summed E-state index contributed by atoms with van der Waals surface area (Å²) in [4.78, 5) is 17.8. The molecule has 3 aromatic rings. The van der Waals surface area contributed by atoms with E-state index in [0.29, 0.717) is 11.0 Å². The number of thiazole rings is 1. The molecule has 1 N–H and O–H groups in total. The van der Waals surface area contributed by atoms with Crippen LogP contribution in [0.4, 0.5) is 5.13 Å². The smallest absolute Gasteiger partial charge is 0.268 e. The Hall–Kier alpha value is -3.23. The van der Waals surface area contributed by atoms with Gasteiger partial charge < -0.3 is 0 Å². The predicted octanol–water partition coefficient (Wildman–Crippen LogP) is 5.71. The maximum atomic E-state index is 12.5. The normalized spacial score (nSPS) is 11.3. The first-order valence-corrected chi connectivity index (χ1v) is 10.3. The molecule has 0 aliphatic carbocycles. The van der Waals surface area contributed by atoms with Crippen molar-refractivity contribution >= 4 is 28.5 Å². The molecule has 146 valence electrons. The Morgan fingerprint density at radius 2 is 1.86 bits per heavy atom. The van der Waals surface area contributed by atoms with Crippen LogP contribution in [-0.2, 0) is 11.2 Å². The molecule has 0 fully saturated rings. The van der Waals surface area contributed by atoms with Gasteiger partial charge in [0.15, 0.2) is 5.13 Å². The average Bonchev–Trinajstić information content (AvgIpc) is 3.14. The zero-order valence-corrected chi connectivity index (χ0v) is 17.6. The van der Waals surface area contributed by atoms with E-state index in [0.717, 1.165) is 16.9 Å². The molecule has 3 rings (SSSR count). The number of nitrogens with one attached hydrogen (secondary N) is 1. The summed E-state index contributed by atoms with van der Waals surface area (Å²) < 4.78 is 0. The minimum atomic E-state index is -0.448. The van der Waals surface area contributed by atoms with Gasteiger partial charge in [-0.1, -0.05) is 67.9 Å². The van der Waals surface area contributed by atoms with Gasteiger partial charge in [0.25, 0.3) is 5.91 Å². The summed E-state index contributed by atoms with van der Waals surface area (Å²) in [7, 11) is 0. The second-order valence-corrected chi connectivity index (χ2v) is 8.35. The van der Waals surface area contributed by atoms with E-state index in [1.807, 2.05) is 30.3 Å². The highest BCUT2D eigenvalue weighted by molar-refractivity contribution is 7.15. The van der Waals surface area contributed by atoms with Crippen molar-refractivity contribution in [3.63, 3.8) is 0 Å². The summed E-state index contributed by atoms with van der Waals surface area (Å²) >= 11 is 1.42. The second kappa shape index (κ2) is 9.31. The SMILES string of the molecule is Cc1ccc(Cc2cnc(NC(=O)C(C#N)=Cc3ccc(C(C)C)cc3)s2)cc1. The molecule has 0 saturated carbocycles. The van der Waals surface area contributed by atoms with Gasteiger partial charge in [-0.15, -0.1) is 11.3 Å². The lowest BCUT2D eigenvalue weighted by atomic mass is 10.0. The van der Waals surface area contributed by atoms with Gasteiger partial charge in [0.1, 0.15) is 11.6 Å². The molecule has 29 heavy (non-hydrogen) atoms. The molecule has 0 aliphatic heterocycles. The number of aryl methyl sites for hydroxylation is 1. The van der Waals surface area contributed by atoms with Gasteiger partial charge in [-0.3, -0.25) is 10.1 Å². The van der Waals surface area contributed by atoms with Crippen LogP contribution >= 0.6 is 11.3 Å². The van der Waals surface area contributed by atoms with E-state index >= 15 is 0 Å².